The van der Waals surface area contributed by atoms with E-state index in [1.807, 2.05) is 0 Å². The molecule has 1 aromatic rings. The Bertz CT molecular complexity index is 596. The topological polar surface area (TPSA) is 106 Å². The van der Waals surface area contributed by atoms with Crippen LogP contribution in [0.1, 0.15) is 6.42 Å². The molecule has 0 fully saturated rings. The third kappa shape index (κ3) is 5.44. The van der Waals surface area contributed by atoms with Crippen LogP contribution in [0, 0.1) is 0 Å². The zero-order valence-corrected chi connectivity index (χ0v) is 12.6. The van der Waals surface area contributed by atoms with Gasteiger partial charge in [-0.3, -0.25) is 0 Å². The number of nitrogens with two attached hydrogens (primary N) is 1. The molecule has 0 amide bonds. The van der Waals surface area contributed by atoms with Crippen molar-refractivity contribution in [1.82, 2.24) is 4.72 Å². The van der Waals surface area contributed by atoms with Crippen molar-refractivity contribution < 1.29 is 16.8 Å². The molecule has 18 heavy (non-hydrogen) atoms. The molecule has 0 unspecified atom stereocenters. The van der Waals surface area contributed by atoms with E-state index in [4.69, 9.17) is 5.14 Å². The fraction of sp³-hybridized carbons (Fsp3) is 0.333. The Kier molecular flexibility index (Phi) is 5.29. The van der Waals surface area contributed by atoms with Gasteiger partial charge in [0.2, 0.25) is 20.0 Å². The lowest BCUT2D eigenvalue weighted by Gasteiger charge is -2.06. The second kappa shape index (κ2) is 6.11. The first kappa shape index (κ1) is 15.6. The van der Waals surface area contributed by atoms with Crippen molar-refractivity contribution in [3.63, 3.8) is 0 Å². The first-order valence-electron chi connectivity index (χ1n) is 4.96. The molecule has 9 heteroatoms. The molecule has 0 atom stereocenters. The number of nitrogens with one attached hydrogen (secondary N) is 1. The molecule has 0 saturated heterocycles. The van der Waals surface area contributed by atoms with Crippen LogP contribution in [-0.2, 0) is 20.0 Å². The summed E-state index contributed by atoms with van der Waals surface area (Å²) >= 11 is 3.20. The van der Waals surface area contributed by atoms with E-state index in [0.29, 0.717) is 0 Å². The van der Waals surface area contributed by atoms with Crippen LogP contribution in [0.2, 0.25) is 0 Å². The van der Waals surface area contributed by atoms with E-state index < -0.39 is 20.0 Å². The predicted octanol–water partition coefficient (Wildman–Crippen LogP) is 0.406. The van der Waals surface area contributed by atoms with Crippen LogP contribution in [0.25, 0.3) is 0 Å². The van der Waals surface area contributed by atoms with E-state index in [9.17, 15) is 16.8 Å². The van der Waals surface area contributed by atoms with E-state index in [1.165, 1.54) is 12.1 Å². The normalized spacial score (nSPS) is 12.6. The van der Waals surface area contributed by atoms with Crippen molar-refractivity contribution in [2.45, 2.75) is 11.3 Å². The lowest BCUT2D eigenvalue weighted by Crippen LogP contribution is -2.27. The monoisotopic (exact) mass is 356 g/mol. The molecule has 0 heterocycles. The SMILES string of the molecule is NS(=O)(=O)CCCNS(=O)(=O)c1ccc(Br)cc1. The van der Waals surface area contributed by atoms with E-state index >= 15 is 0 Å². The van der Waals surface area contributed by atoms with Crippen LogP contribution in [0.5, 0.6) is 0 Å². The summed E-state index contributed by atoms with van der Waals surface area (Å²) in [7, 11) is -7.15. The van der Waals surface area contributed by atoms with E-state index in [1.54, 1.807) is 12.1 Å². The third-order valence-electron chi connectivity index (χ3n) is 2.02. The highest BCUT2D eigenvalue weighted by Crippen LogP contribution is 2.14. The molecule has 6 nitrogen and oxygen atoms in total. The van der Waals surface area contributed by atoms with Crippen molar-refractivity contribution in [2.24, 2.45) is 5.14 Å². The minimum Gasteiger partial charge on any atom is -0.229 e. The molecule has 3 N–H and O–H groups in total. The van der Waals surface area contributed by atoms with Crippen molar-refractivity contribution in [1.29, 1.82) is 0 Å². The summed E-state index contributed by atoms with van der Waals surface area (Å²) in [6, 6.07) is 6.12. The van der Waals surface area contributed by atoms with Gasteiger partial charge in [-0.2, -0.15) is 0 Å². The summed E-state index contributed by atoms with van der Waals surface area (Å²) < 4.78 is 47.9. The van der Waals surface area contributed by atoms with Crippen LogP contribution >= 0.6 is 15.9 Å². The molecule has 1 aromatic carbocycles. The lowest BCUT2D eigenvalue weighted by molar-refractivity contribution is 0.576. The molecule has 0 aliphatic heterocycles. The molecular formula is C9H13BrN2O4S2. The molecule has 0 saturated carbocycles. The van der Waals surface area contributed by atoms with Gasteiger partial charge in [-0.05, 0) is 30.7 Å². The lowest BCUT2D eigenvalue weighted by atomic mass is 10.4. The van der Waals surface area contributed by atoms with Crippen molar-refractivity contribution in [3.05, 3.63) is 28.7 Å². The van der Waals surface area contributed by atoms with Gasteiger partial charge < -0.3 is 0 Å². The number of rotatable bonds is 6. The third-order valence-corrected chi connectivity index (χ3v) is 4.88. The molecule has 0 aromatic heterocycles. The Labute approximate surface area is 115 Å². The maximum atomic E-state index is 11.8. The number of benzene rings is 1. The second-order valence-electron chi connectivity index (χ2n) is 3.57. The molecule has 0 spiro atoms. The Morgan fingerprint density at radius 3 is 2.17 bits per heavy atom. The Morgan fingerprint density at radius 1 is 1.11 bits per heavy atom. The second-order valence-corrected chi connectivity index (χ2v) is 7.99. The maximum Gasteiger partial charge on any atom is 0.240 e. The predicted molar refractivity (Wildman–Crippen MR) is 71.9 cm³/mol. The number of hydrogen-bond donors (Lipinski definition) is 2. The van der Waals surface area contributed by atoms with Gasteiger partial charge in [0.15, 0.2) is 0 Å². The van der Waals surface area contributed by atoms with Crippen LogP contribution in [0.4, 0.5) is 0 Å². The Hall–Kier alpha value is -0.480. The summed E-state index contributed by atoms with van der Waals surface area (Å²) in [6.45, 7) is 0.0226. The summed E-state index contributed by atoms with van der Waals surface area (Å²) in [5.74, 6) is -0.254. The van der Waals surface area contributed by atoms with E-state index in [2.05, 4.69) is 20.7 Å². The minimum absolute atomic E-state index is 0.0226. The molecule has 0 aliphatic carbocycles. The molecular weight excluding hydrogens is 344 g/mol. The standard InChI is InChI=1S/C9H13BrN2O4S2/c10-8-2-4-9(5-3-8)18(15,16)12-6-1-7-17(11,13)14/h2-5,12H,1,6-7H2,(H2,11,13,14). The van der Waals surface area contributed by atoms with Gasteiger partial charge >= 0.3 is 0 Å². The average Bonchev–Trinajstić information content (AvgIpc) is 2.24. The molecule has 102 valence electrons. The van der Waals surface area contributed by atoms with Crippen LogP contribution in [0.3, 0.4) is 0 Å². The van der Waals surface area contributed by atoms with E-state index in [-0.39, 0.29) is 23.6 Å². The maximum absolute atomic E-state index is 11.8. The molecule has 1 rings (SSSR count). The smallest absolute Gasteiger partial charge is 0.229 e. The van der Waals surface area contributed by atoms with Gasteiger partial charge in [-0.15, -0.1) is 0 Å². The summed E-state index contributed by atoms with van der Waals surface area (Å²) in [6.07, 6.45) is 0.134. The molecule has 0 radical (unpaired) electrons. The summed E-state index contributed by atoms with van der Waals surface area (Å²) in [4.78, 5) is 0.126. The fourth-order valence-corrected chi connectivity index (χ4v) is 3.06. The van der Waals surface area contributed by atoms with Crippen molar-refractivity contribution >= 4 is 36.0 Å². The number of sulfonamides is 2. The summed E-state index contributed by atoms with van der Waals surface area (Å²) in [5.41, 5.74) is 0. The van der Waals surface area contributed by atoms with Gasteiger partial charge in [0.05, 0.1) is 10.6 Å². The highest BCUT2D eigenvalue weighted by atomic mass is 79.9. The first-order chi connectivity index (χ1) is 8.21. The van der Waals surface area contributed by atoms with Gasteiger partial charge in [0.1, 0.15) is 0 Å². The van der Waals surface area contributed by atoms with Crippen molar-refractivity contribution in [3.8, 4) is 0 Å². The number of primary sulfonamides is 1. The Balaban J connectivity index is 2.58. The average molecular weight is 357 g/mol. The number of halogens is 1. The first-order valence-corrected chi connectivity index (χ1v) is 8.95. The minimum atomic E-state index is -3.60. The van der Waals surface area contributed by atoms with Crippen molar-refractivity contribution in [2.75, 3.05) is 12.3 Å². The zero-order chi connectivity index (χ0) is 13.8. The molecule has 0 bridgehead atoms. The molecule has 0 aliphatic rings. The van der Waals surface area contributed by atoms with Gasteiger partial charge in [-0.1, -0.05) is 15.9 Å². The zero-order valence-electron chi connectivity index (χ0n) is 9.34. The largest absolute Gasteiger partial charge is 0.240 e. The quantitative estimate of drug-likeness (QED) is 0.719. The highest BCUT2D eigenvalue weighted by molar-refractivity contribution is 9.10. The van der Waals surface area contributed by atoms with Crippen LogP contribution in [0.15, 0.2) is 33.6 Å². The van der Waals surface area contributed by atoms with Crippen LogP contribution in [-0.4, -0.2) is 29.1 Å². The fourth-order valence-electron chi connectivity index (χ4n) is 1.18. The van der Waals surface area contributed by atoms with Gasteiger partial charge in [0.25, 0.3) is 0 Å². The van der Waals surface area contributed by atoms with E-state index in [0.717, 1.165) is 4.47 Å². The number of hydrogen-bond acceptors (Lipinski definition) is 4. The summed E-state index contributed by atoms with van der Waals surface area (Å²) in [5, 5.41) is 4.80. The van der Waals surface area contributed by atoms with Crippen LogP contribution < -0.4 is 9.86 Å². The van der Waals surface area contributed by atoms with Gasteiger partial charge in [0, 0.05) is 11.0 Å². The highest BCUT2D eigenvalue weighted by Gasteiger charge is 2.13. The van der Waals surface area contributed by atoms with Gasteiger partial charge in [-0.25, -0.2) is 26.7 Å². The Morgan fingerprint density at radius 2 is 1.67 bits per heavy atom.